The van der Waals surface area contributed by atoms with Crippen LogP contribution >= 0.6 is 0 Å². The van der Waals surface area contributed by atoms with Crippen molar-refractivity contribution in [1.82, 2.24) is 4.90 Å². The summed E-state index contributed by atoms with van der Waals surface area (Å²) in [6.07, 6.45) is 4.29. The number of amides is 1. The lowest BCUT2D eigenvalue weighted by molar-refractivity contribution is -0.140. The largest absolute Gasteiger partial charge is 0.481 e. The fourth-order valence-corrected chi connectivity index (χ4v) is 2.70. The lowest BCUT2D eigenvalue weighted by Gasteiger charge is -2.37. The molecule has 1 aliphatic rings. The molecule has 1 unspecified atom stereocenters. The molecule has 1 aliphatic heterocycles. The Balaban J connectivity index is 2.59. The zero-order valence-corrected chi connectivity index (χ0v) is 12.0. The van der Waals surface area contributed by atoms with Crippen LogP contribution in [0.15, 0.2) is 0 Å². The molecule has 110 valence electrons. The first-order valence-electron chi connectivity index (χ1n) is 7.19. The van der Waals surface area contributed by atoms with E-state index in [2.05, 4.69) is 0 Å². The average Bonchev–Trinajstić information content (AvgIpc) is 2.35. The molecule has 5 nitrogen and oxygen atoms in total. The first-order valence-corrected chi connectivity index (χ1v) is 7.19. The van der Waals surface area contributed by atoms with E-state index in [1.807, 2.05) is 18.7 Å². The minimum Gasteiger partial charge on any atom is -0.481 e. The number of nitrogens with zero attached hydrogens (tertiary/aromatic N) is 1. The molecule has 19 heavy (non-hydrogen) atoms. The number of piperidine rings is 1. The van der Waals surface area contributed by atoms with E-state index in [-0.39, 0.29) is 18.4 Å². The van der Waals surface area contributed by atoms with E-state index in [0.717, 1.165) is 25.8 Å². The van der Waals surface area contributed by atoms with Crippen molar-refractivity contribution in [3.05, 3.63) is 0 Å². The van der Waals surface area contributed by atoms with Crippen LogP contribution in [0.3, 0.4) is 0 Å². The second-order valence-electron chi connectivity index (χ2n) is 5.85. The van der Waals surface area contributed by atoms with Crippen molar-refractivity contribution in [1.29, 1.82) is 0 Å². The van der Waals surface area contributed by atoms with E-state index < -0.39 is 12.0 Å². The van der Waals surface area contributed by atoms with Crippen LogP contribution in [0.25, 0.3) is 0 Å². The van der Waals surface area contributed by atoms with Gasteiger partial charge in [-0.25, -0.2) is 0 Å². The van der Waals surface area contributed by atoms with Crippen LogP contribution in [0.2, 0.25) is 0 Å². The van der Waals surface area contributed by atoms with Crippen LogP contribution in [0, 0.1) is 5.92 Å². The number of hydrogen-bond acceptors (Lipinski definition) is 3. The van der Waals surface area contributed by atoms with Gasteiger partial charge in [0.15, 0.2) is 0 Å². The Labute approximate surface area is 115 Å². The molecule has 1 heterocycles. The summed E-state index contributed by atoms with van der Waals surface area (Å²) >= 11 is 0. The van der Waals surface area contributed by atoms with Crippen molar-refractivity contribution in [3.8, 4) is 0 Å². The molecule has 0 saturated carbocycles. The molecule has 0 aromatic heterocycles. The van der Waals surface area contributed by atoms with Gasteiger partial charge in [-0.1, -0.05) is 13.8 Å². The van der Waals surface area contributed by atoms with Crippen LogP contribution < -0.4 is 5.73 Å². The Kier molecular flexibility index (Phi) is 6.28. The fourth-order valence-electron chi connectivity index (χ4n) is 2.70. The highest BCUT2D eigenvalue weighted by Gasteiger charge is 2.30. The summed E-state index contributed by atoms with van der Waals surface area (Å²) in [5, 5.41) is 8.77. The Morgan fingerprint density at radius 2 is 2.05 bits per heavy atom. The molecular weight excluding hydrogens is 244 g/mol. The predicted octanol–water partition coefficient (Wildman–Crippen LogP) is 1.61. The molecular formula is C14H26N2O3. The number of likely N-dealkylation sites (tertiary alicyclic amines) is 1. The highest BCUT2D eigenvalue weighted by molar-refractivity contribution is 5.82. The molecule has 1 rings (SSSR count). The summed E-state index contributed by atoms with van der Waals surface area (Å²) in [5.41, 5.74) is 5.96. The highest BCUT2D eigenvalue weighted by atomic mass is 16.4. The summed E-state index contributed by atoms with van der Waals surface area (Å²) in [7, 11) is 0. The minimum atomic E-state index is -0.801. The van der Waals surface area contributed by atoms with Crippen LogP contribution in [0.5, 0.6) is 0 Å². The third-order valence-electron chi connectivity index (χ3n) is 3.64. The molecule has 0 aromatic carbocycles. The number of rotatable bonds is 6. The fraction of sp³-hybridized carbons (Fsp3) is 0.857. The topological polar surface area (TPSA) is 83.6 Å². The van der Waals surface area contributed by atoms with Crippen molar-refractivity contribution < 1.29 is 14.7 Å². The Morgan fingerprint density at radius 3 is 2.63 bits per heavy atom. The molecule has 0 spiro atoms. The highest BCUT2D eigenvalue weighted by Crippen LogP contribution is 2.22. The number of nitrogens with two attached hydrogens (primary N) is 1. The van der Waals surface area contributed by atoms with Gasteiger partial charge in [0.25, 0.3) is 0 Å². The predicted molar refractivity (Wildman–Crippen MR) is 73.7 cm³/mol. The van der Waals surface area contributed by atoms with Gasteiger partial charge in [-0.2, -0.15) is 0 Å². The second-order valence-corrected chi connectivity index (χ2v) is 5.85. The second kappa shape index (κ2) is 7.48. The van der Waals surface area contributed by atoms with E-state index in [1.165, 1.54) is 0 Å². The molecule has 3 N–H and O–H groups in total. The van der Waals surface area contributed by atoms with Gasteiger partial charge >= 0.3 is 5.97 Å². The van der Waals surface area contributed by atoms with Crippen molar-refractivity contribution in [2.75, 3.05) is 6.54 Å². The van der Waals surface area contributed by atoms with Crippen molar-refractivity contribution in [2.24, 2.45) is 11.7 Å². The van der Waals surface area contributed by atoms with Crippen LogP contribution in [0.1, 0.15) is 52.4 Å². The summed E-state index contributed by atoms with van der Waals surface area (Å²) in [4.78, 5) is 24.8. The SMILES string of the molecule is CC(C)C[C@H](N)C(=O)N1CCCCC1CCC(=O)O. The monoisotopic (exact) mass is 270 g/mol. The maximum absolute atomic E-state index is 12.3. The number of aliphatic carboxylic acids is 1. The first kappa shape index (κ1) is 16.0. The summed E-state index contributed by atoms with van der Waals surface area (Å²) in [5.74, 6) is -0.422. The normalized spacial score (nSPS) is 21.5. The molecule has 0 radical (unpaired) electrons. The van der Waals surface area contributed by atoms with Crippen LogP contribution in [0.4, 0.5) is 0 Å². The van der Waals surface area contributed by atoms with E-state index in [0.29, 0.717) is 18.8 Å². The number of carboxylic acid groups (broad SMARTS) is 1. The quantitative estimate of drug-likeness (QED) is 0.768. The standard InChI is InChI=1S/C14H26N2O3/c1-10(2)9-12(15)14(19)16-8-4-3-5-11(16)6-7-13(17)18/h10-12H,3-9,15H2,1-2H3,(H,17,18)/t11?,12-/m0/s1. The maximum atomic E-state index is 12.3. The third-order valence-corrected chi connectivity index (χ3v) is 3.64. The van der Waals surface area contributed by atoms with Gasteiger partial charge in [0.05, 0.1) is 6.04 Å². The molecule has 0 aliphatic carbocycles. The molecule has 1 saturated heterocycles. The first-order chi connectivity index (χ1) is 8.91. The van der Waals surface area contributed by atoms with Gasteiger partial charge in [0, 0.05) is 19.0 Å². The third kappa shape index (κ3) is 5.19. The molecule has 2 atom stereocenters. The van der Waals surface area contributed by atoms with E-state index >= 15 is 0 Å². The van der Waals surface area contributed by atoms with E-state index in [1.54, 1.807) is 0 Å². The van der Waals surface area contributed by atoms with Crippen molar-refractivity contribution in [3.63, 3.8) is 0 Å². The lowest BCUT2D eigenvalue weighted by atomic mass is 9.95. The molecule has 0 bridgehead atoms. The summed E-state index contributed by atoms with van der Waals surface area (Å²) < 4.78 is 0. The Hall–Kier alpha value is -1.10. The van der Waals surface area contributed by atoms with E-state index in [4.69, 9.17) is 10.8 Å². The van der Waals surface area contributed by atoms with Gasteiger partial charge < -0.3 is 15.7 Å². The molecule has 1 fully saturated rings. The number of carbonyl (C=O) groups is 2. The molecule has 5 heteroatoms. The summed E-state index contributed by atoms with van der Waals surface area (Å²) in [6, 6.07) is -0.402. The average molecular weight is 270 g/mol. The van der Waals surface area contributed by atoms with Gasteiger partial charge in [-0.05, 0) is 38.0 Å². The van der Waals surface area contributed by atoms with Crippen LogP contribution in [-0.2, 0) is 9.59 Å². The number of carbonyl (C=O) groups excluding carboxylic acids is 1. The zero-order valence-electron chi connectivity index (χ0n) is 12.0. The van der Waals surface area contributed by atoms with E-state index in [9.17, 15) is 9.59 Å². The van der Waals surface area contributed by atoms with Gasteiger partial charge in [-0.15, -0.1) is 0 Å². The van der Waals surface area contributed by atoms with Crippen molar-refractivity contribution in [2.45, 2.75) is 64.5 Å². The molecule has 0 aromatic rings. The van der Waals surface area contributed by atoms with Gasteiger partial charge in [-0.3, -0.25) is 9.59 Å². The van der Waals surface area contributed by atoms with Gasteiger partial charge in [0.1, 0.15) is 0 Å². The molecule has 1 amide bonds. The zero-order chi connectivity index (χ0) is 14.4. The Morgan fingerprint density at radius 1 is 1.37 bits per heavy atom. The van der Waals surface area contributed by atoms with Crippen LogP contribution in [-0.4, -0.2) is 40.5 Å². The smallest absolute Gasteiger partial charge is 0.303 e. The minimum absolute atomic E-state index is 0.0104. The van der Waals surface area contributed by atoms with Crippen molar-refractivity contribution >= 4 is 11.9 Å². The van der Waals surface area contributed by atoms with Gasteiger partial charge in [0.2, 0.25) is 5.91 Å². The summed E-state index contributed by atoms with van der Waals surface area (Å²) in [6.45, 7) is 4.81. The number of carboxylic acids is 1. The lowest BCUT2D eigenvalue weighted by Crippen LogP contribution is -2.51. The number of hydrogen-bond donors (Lipinski definition) is 2. The maximum Gasteiger partial charge on any atom is 0.303 e. The Bertz CT molecular complexity index is 318.